The Morgan fingerprint density at radius 3 is 2.38 bits per heavy atom. The number of thiocarbonyl (C=S) groups is 1. The topological polar surface area (TPSA) is 55.8 Å². The van der Waals surface area contributed by atoms with Gasteiger partial charge in [-0.15, -0.1) is 0 Å². The molecule has 1 atom stereocenters. The van der Waals surface area contributed by atoms with E-state index in [0.29, 0.717) is 18.1 Å². The highest BCUT2D eigenvalue weighted by Gasteiger charge is 2.22. The van der Waals surface area contributed by atoms with Gasteiger partial charge in [-0.1, -0.05) is 31.3 Å². The van der Waals surface area contributed by atoms with Crippen LogP contribution in [-0.4, -0.2) is 65.4 Å². The summed E-state index contributed by atoms with van der Waals surface area (Å²) < 4.78 is 11.1. The van der Waals surface area contributed by atoms with E-state index in [1.807, 2.05) is 29.6 Å². The number of hydrogen-bond donors (Lipinski definition) is 1. The predicted molar refractivity (Wildman–Crippen MR) is 117 cm³/mol. The van der Waals surface area contributed by atoms with Crippen molar-refractivity contribution in [2.45, 2.75) is 26.2 Å². The summed E-state index contributed by atoms with van der Waals surface area (Å²) in [4.78, 5) is 11.7. The van der Waals surface area contributed by atoms with Crippen molar-refractivity contribution in [2.75, 3.05) is 49.4 Å². The fourth-order valence-corrected chi connectivity index (χ4v) is 4.26. The van der Waals surface area contributed by atoms with Gasteiger partial charge in [-0.2, -0.15) is 23.5 Å². The molecule has 148 valence electrons. The molecule has 1 aliphatic carbocycles. The van der Waals surface area contributed by atoms with Crippen LogP contribution in [0.1, 0.15) is 26.2 Å². The van der Waals surface area contributed by atoms with Gasteiger partial charge in [0, 0.05) is 22.3 Å². The summed E-state index contributed by atoms with van der Waals surface area (Å²) in [5.41, 5.74) is 0.264. The number of carbonyl (C=O) groups is 1. The molecule has 4 nitrogen and oxygen atoms in total. The first kappa shape index (κ1) is 23.7. The van der Waals surface area contributed by atoms with Gasteiger partial charge in [0.25, 0.3) is 0 Å². The number of thioether (sulfide) groups is 2. The van der Waals surface area contributed by atoms with E-state index in [1.54, 1.807) is 12.2 Å². The zero-order chi connectivity index (χ0) is 19.0. The molecule has 26 heavy (non-hydrogen) atoms. The second kappa shape index (κ2) is 15.7. The van der Waals surface area contributed by atoms with Gasteiger partial charge in [0.1, 0.15) is 0 Å². The Balaban J connectivity index is 1.90. The second-order valence-corrected chi connectivity index (χ2v) is 8.72. The third-order valence-electron chi connectivity index (χ3n) is 3.71. The lowest BCUT2D eigenvalue weighted by molar-refractivity contribution is -0.132. The SMILES string of the molecule is CCCSCCOCCOCCSCCCC1C=CC=C(C(=O)O)C1=S. The van der Waals surface area contributed by atoms with Crippen molar-refractivity contribution >= 4 is 46.6 Å². The molecule has 0 bridgehead atoms. The molecule has 0 heterocycles. The minimum atomic E-state index is -0.931. The summed E-state index contributed by atoms with van der Waals surface area (Å²) in [5.74, 6) is 3.42. The standard InChI is InChI=1S/C19H30O4S3/c1-2-12-25-14-10-22-8-9-23-11-15-26-13-4-6-16-5-3-7-17(18(16)24)19(20)21/h3,5,7,16H,2,4,6,8-15H2,1H3,(H,20,21). The molecule has 0 radical (unpaired) electrons. The van der Waals surface area contributed by atoms with E-state index in [4.69, 9.17) is 26.8 Å². The highest BCUT2D eigenvalue weighted by molar-refractivity contribution is 7.99. The Labute approximate surface area is 171 Å². The summed E-state index contributed by atoms with van der Waals surface area (Å²) in [6, 6.07) is 0. The molecule has 0 aliphatic heterocycles. The fraction of sp³-hybridized carbons (Fsp3) is 0.684. The van der Waals surface area contributed by atoms with Crippen molar-refractivity contribution in [3.05, 3.63) is 23.8 Å². The molecule has 7 heteroatoms. The van der Waals surface area contributed by atoms with Crippen LogP contribution in [0, 0.1) is 5.92 Å². The van der Waals surface area contributed by atoms with Crippen LogP contribution in [0.4, 0.5) is 0 Å². The molecule has 0 saturated carbocycles. The summed E-state index contributed by atoms with van der Waals surface area (Å²) in [6.07, 6.45) is 8.53. The van der Waals surface area contributed by atoms with Crippen LogP contribution in [0.3, 0.4) is 0 Å². The number of rotatable bonds is 16. The molecule has 0 amide bonds. The summed E-state index contributed by atoms with van der Waals surface area (Å²) in [6.45, 7) is 5.06. The van der Waals surface area contributed by atoms with Gasteiger partial charge in [0.2, 0.25) is 0 Å². The van der Waals surface area contributed by atoms with Gasteiger partial charge in [0.15, 0.2) is 0 Å². The zero-order valence-corrected chi connectivity index (χ0v) is 17.9. The van der Waals surface area contributed by atoms with Crippen molar-refractivity contribution in [3.8, 4) is 0 Å². The van der Waals surface area contributed by atoms with Gasteiger partial charge in [-0.3, -0.25) is 0 Å². The number of hydrogen-bond acceptors (Lipinski definition) is 6. The maximum Gasteiger partial charge on any atom is 0.336 e. The Hall–Kier alpha value is -0.340. The summed E-state index contributed by atoms with van der Waals surface area (Å²) in [7, 11) is 0. The van der Waals surface area contributed by atoms with Gasteiger partial charge in [-0.05, 0) is 36.8 Å². The average Bonchev–Trinajstić information content (AvgIpc) is 2.63. The third-order valence-corrected chi connectivity index (χ3v) is 6.41. The van der Waals surface area contributed by atoms with Crippen LogP contribution in [0.15, 0.2) is 23.8 Å². The van der Waals surface area contributed by atoms with Gasteiger partial charge >= 0.3 is 5.97 Å². The van der Waals surface area contributed by atoms with Crippen LogP contribution >= 0.6 is 35.7 Å². The quantitative estimate of drug-likeness (QED) is 0.297. The molecule has 1 aliphatic rings. The molecule has 0 saturated heterocycles. The maximum atomic E-state index is 11.1. The summed E-state index contributed by atoms with van der Waals surface area (Å²) >= 11 is 9.08. The highest BCUT2D eigenvalue weighted by Crippen LogP contribution is 2.22. The number of ether oxygens (including phenoxy) is 2. The Morgan fingerprint density at radius 1 is 1.12 bits per heavy atom. The first-order valence-electron chi connectivity index (χ1n) is 9.13. The molecule has 0 aromatic heterocycles. The predicted octanol–water partition coefficient (Wildman–Crippen LogP) is 4.24. The molecule has 0 aromatic carbocycles. The monoisotopic (exact) mass is 418 g/mol. The largest absolute Gasteiger partial charge is 0.478 e. The molecular formula is C19H30O4S3. The van der Waals surface area contributed by atoms with Crippen molar-refractivity contribution < 1.29 is 19.4 Å². The zero-order valence-electron chi connectivity index (χ0n) is 15.5. The molecule has 1 N–H and O–H groups in total. The van der Waals surface area contributed by atoms with E-state index >= 15 is 0 Å². The van der Waals surface area contributed by atoms with Crippen LogP contribution in [-0.2, 0) is 14.3 Å². The lowest BCUT2D eigenvalue weighted by Crippen LogP contribution is -2.20. The van der Waals surface area contributed by atoms with E-state index in [-0.39, 0.29) is 11.5 Å². The number of carboxylic acids is 1. The lowest BCUT2D eigenvalue weighted by Gasteiger charge is -2.17. The Bertz CT molecular complexity index is 477. The maximum absolute atomic E-state index is 11.1. The third kappa shape index (κ3) is 10.7. The van der Waals surface area contributed by atoms with Crippen molar-refractivity contribution in [1.29, 1.82) is 0 Å². The Kier molecular flexibility index (Phi) is 14.3. The molecule has 1 rings (SSSR count). The van der Waals surface area contributed by atoms with Crippen LogP contribution in [0.5, 0.6) is 0 Å². The molecule has 0 aromatic rings. The van der Waals surface area contributed by atoms with E-state index in [9.17, 15) is 4.79 Å². The van der Waals surface area contributed by atoms with E-state index in [0.717, 1.165) is 43.3 Å². The lowest BCUT2D eigenvalue weighted by atomic mass is 9.90. The van der Waals surface area contributed by atoms with E-state index in [1.165, 1.54) is 12.2 Å². The molecule has 0 spiro atoms. The molecule has 1 unspecified atom stereocenters. The van der Waals surface area contributed by atoms with Crippen molar-refractivity contribution in [1.82, 2.24) is 0 Å². The first-order valence-corrected chi connectivity index (χ1v) is 11.9. The van der Waals surface area contributed by atoms with Crippen LogP contribution < -0.4 is 0 Å². The highest BCUT2D eigenvalue weighted by atomic mass is 32.2. The number of carboxylic acid groups (broad SMARTS) is 1. The smallest absolute Gasteiger partial charge is 0.336 e. The molecular weight excluding hydrogens is 388 g/mol. The normalized spacial score (nSPS) is 16.7. The number of allylic oxidation sites excluding steroid dienone is 3. The second-order valence-electron chi connectivity index (χ2n) is 5.83. The minimum absolute atomic E-state index is 0.0746. The van der Waals surface area contributed by atoms with Crippen molar-refractivity contribution in [3.63, 3.8) is 0 Å². The Morgan fingerprint density at radius 2 is 1.77 bits per heavy atom. The van der Waals surface area contributed by atoms with Crippen LogP contribution in [0.2, 0.25) is 0 Å². The fourth-order valence-electron chi connectivity index (χ4n) is 2.37. The minimum Gasteiger partial charge on any atom is -0.478 e. The van der Waals surface area contributed by atoms with E-state index < -0.39 is 5.97 Å². The average molecular weight is 419 g/mol. The van der Waals surface area contributed by atoms with Gasteiger partial charge < -0.3 is 14.6 Å². The van der Waals surface area contributed by atoms with E-state index in [2.05, 4.69) is 6.92 Å². The molecule has 0 fully saturated rings. The first-order chi connectivity index (χ1) is 12.7. The number of aliphatic carboxylic acids is 1. The van der Waals surface area contributed by atoms with Gasteiger partial charge in [-0.25, -0.2) is 4.79 Å². The van der Waals surface area contributed by atoms with Gasteiger partial charge in [0.05, 0.1) is 32.0 Å². The van der Waals surface area contributed by atoms with Crippen LogP contribution in [0.25, 0.3) is 0 Å². The van der Waals surface area contributed by atoms with Crippen molar-refractivity contribution in [2.24, 2.45) is 5.92 Å². The summed E-state index contributed by atoms with van der Waals surface area (Å²) in [5, 5.41) is 9.10.